The number of rotatable bonds is 3. The van der Waals surface area contributed by atoms with Gasteiger partial charge in [-0.2, -0.15) is 5.10 Å². The molecule has 112 valence electrons. The number of hydrogen-bond acceptors (Lipinski definition) is 3. The van der Waals surface area contributed by atoms with Crippen LogP contribution >= 0.6 is 11.6 Å². The lowest BCUT2D eigenvalue weighted by Crippen LogP contribution is -2.41. The average molecular weight is 300 g/mol. The lowest BCUT2D eigenvalue weighted by atomic mass is 9.95. The molecule has 2 unspecified atom stereocenters. The third kappa shape index (κ3) is 3.15. The minimum Gasteiger partial charge on any atom is -0.396 e. The fourth-order valence-corrected chi connectivity index (χ4v) is 3.18. The van der Waals surface area contributed by atoms with Crippen molar-refractivity contribution in [1.29, 1.82) is 0 Å². The van der Waals surface area contributed by atoms with Gasteiger partial charge in [0.2, 0.25) is 0 Å². The van der Waals surface area contributed by atoms with Gasteiger partial charge in [0.1, 0.15) is 5.15 Å². The van der Waals surface area contributed by atoms with Gasteiger partial charge in [-0.15, -0.1) is 0 Å². The third-order valence-electron chi connectivity index (χ3n) is 4.09. The van der Waals surface area contributed by atoms with E-state index in [2.05, 4.69) is 10.4 Å². The number of aryl methyl sites for hydroxylation is 2. The van der Waals surface area contributed by atoms with Crippen LogP contribution in [0, 0.1) is 12.8 Å². The Morgan fingerprint density at radius 1 is 1.45 bits per heavy atom. The number of hydrogen-bond donors (Lipinski definition) is 2. The number of amides is 1. The van der Waals surface area contributed by atoms with E-state index < -0.39 is 0 Å². The van der Waals surface area contributed by atoms with Crippen molar-refractivity contribution < 1.29 is 9.90 Å². The van der Waals surface area contributed by atoms with E-state index in [4.69, 9.17) is 11.6 Å². The van der Waals surface area contributed by atoms with Gasteiger partial charge in [0.05, 0.1) is 11.3 Å². The highest BCUT2D eigenvalue weighted by atomic mass is 35.5. The van der Waals surface area contributed by atoms with Gasteiger partial charge in [0, 0.05) is 25.6 Å². The summed E-state index contributed by atoms with van der Waals surface area (Å²) in [7, 11) is 1.72. The molecule has 2 N–H and O–H groups in total. The molecular formula is C14H22ClN3O2. The lowest BCUT2D eigenvalue weighted by molar-refractivity contribution is 0.0899. The number of nitrogens with zero attached hydrogens (tertiary/aromatic N) is 2. The van der Waals surface area contributed by atoms with Crippen LogP contribution in [0.15, 0.2) is 0 Å². The largest absolute Gasteiger partial charge is 0.396 e. The Balaban J connectivity index is 2.13. The van der Waals surface area contributed by atoms with Crippen molar-refractivity contribution in [3.63, 3.8) is 0 Å². The monoisotopic (exact) mass is 299 g/mol. The molecule has 5 nitrogen and oxygen atoms in total. The van der Waals surface area contributed by atoms with Crippen LogP contribution in [0.25, 0.3) is 0 Å². The molecule has 1 aliphatic carbocycles. The van der Waals surface area contributed by atoms with Crippen molar-refractivity contribution in [2.45, 2.75) is 45.1 Å². The van der Waals surface area contributed by atoms with Crippen LogP contribution in [0.4, 0.5) is 0 Å². The fourth-order valence-electron chi connectivity index (χ4n) is 2.92. The quantitative estimate of drug-likeness (QED) is 0.840. The van der Waals surface area contributed by atoms with E-state index in [9.17, 15) is 9.90 Å². The Hall–Kier alpha value is -1.07. The summed E-state index contributed by atoms with van der Waals surface area (Å²) < 4.78 is 1.50. The molecule has 20 heavy (non-hydrogen) atoms. The molecule has 1 heterocycles. The van der Waals surface area contributed by atoms with Crippen molar-refractivity contribution in [1.82, 2.24) is 15.1 Å². The lowest BCUT2D eigenvalue weighted by Gasteiger charge is -2.24. The van der Waals surface area contributed by atoms with Crippen LogP contribution in [0.3, 0.4) is 0 Å². The van der Waals surface area contributed by atoms with Crippen LogP contribution < -0.4 is 5.32 Å². The predicted molar refractivity (Wildman–Crippen MR) is 77.9 cm³/mol. The number of nitrogens with one attached hydrogen (secondary N) is 1. The molecule has 2 atom stereocenters. The van der Waals surface area contributed by atoms with Crippen molar-refractivity contribution in [2.75, 3.05) is 6.61 Å². The summed E-state index contributed by atoms with van der Waals surface area (Å²) in [6.45, 7) is 1.89. The van der Waals surface area contributed by atoms with Crippen LogP contribution in [0.5, 0.6) is 0 Å². The first-order valence-electron chi connectivity index (χ1n) is 7.15. The van der Waals surface area contributed by atoms with Gasteiger partial charge in [-0.25, -0.2) is 0 Å². The smallest absolute Gasteiger partial charge is 0.256 e. The number of carbonyl (C=O) groups is 1. The standard InChI is InChI=1S/C14H22ClN3O2/c1-9-12(13(15)18(2)17-9)14(20)16-11-7-5-3-4-6-10(11)8-19/h10-11,19H,3-8H2,1-2H3,(H,16,20). The molecule has 1 aliphatic rings. The van der Waals surface area contributed by atoms with E-state index in [1.807, 2.05) is 0 Å². The first-order valence-corrected chi connectivity index (χ1v) is 7.53. The third-order valence-corrected chi connectivity index (χ3v) is 4.52. The summed E-state index contributed by atoms with van der Waals surface area (Å²) in [4.78, 5) is 12.4. The summed E-state index contributed by atoms with van der Waals surface area (Å²) in [5.74, 6) is -0.0526. The molecular weight excluding hydrogens is 278 g/mol. The van der Waals surface area contributed by atoms with Crippen molar-refractivity contribution in [2.24, 2.45) is 13.0 Å². The molecule has 1 amide bonds. The Kier molecular flexibility index (Phi) is 5.05. The minimum absolute atomic E-state index is 0.0191. The zero-order chi connectivity index (χ0) is 14.7. The first-order chi connectivity index (χ1) is 9.54. The molecule has 0 spiro atoms. The molecule has 0 bridgehead atoms. The Labute approximate surface area is 124 Å². The molecule has 0 aliphatic heterocycles. The predicted octanol–water partition coefficient (Wildman–Crippen LogP) is 2.05. The molecule has 2 rings (SSSR count). The zero-order valence-corrected chi connectivity index (χ0v) is 12.8. The Morgan fingerprint density at radius 3 is 2.75 bits per heavy atom. The molecule has 0 radical (unpaired) electrons. The summed E-state index contributed by atoms with van der Waals surface area (Å²) in [6.07, 6.45) is 5.23. The van der Waals surface area contributed by atoms with E-state index >= 15 is 0 Å². The maximum atomic E-state index is 12.4. The highest BCUT2D eigenvalue weighted by Crippen LogP contribution is 2.25. The fraction of sp³-hybridized carbons (Fsp3) is 0.714. The summed E-state index contributed by atoms with van der Waals surface area (Å²) in [6, 6.07) is 0.0191. The topological polar surface area (TPSA) is 67.2 Å². The second kappa shape index (κ2) is 6.59. The minimum atomic E-state index is -0.189. The first kappa shape index (κ1) is 15.3. The molecule has 1 aromatic heterocycles. The van der Waals surface area contributed by atoms with Gasteiger partial charge in [-0.3, -0.25) is 9.48 Å². The van der Waals surface area contributed by atoms with Crippen LogP contribution in [0.1, 0.15) is 48.2 Å². The molecule has 1 aromatic rings. The molecule has 1 saturated carbocycles. The Morgan fingerprint density at radius 2 is 2.15 bits per heavy atom. The van der Waals surface area contributed by atoms with E-state index in [0.29, 0.717) is 16.4 Å². The van der Waals surface area contributed by atoms with E-state index in [0.717, 1.165) is 32.1 Å². The van der Waals surface area contributed by atoms with Gasteiger partial charge >= 0.3 is 0 Å². The second-order valence-electron chi connectivity index (χ2n) is 5.54. The normalized spacial score (nSPS) is 23.4. The van der Waals surface area contributed by atoms with Gasteiger partial charge in [0.25, 0.3) is 5.91 Å². The van der Waals surface area contributed by atoms with Gasteiger partial charge in [-0.1, -0.05) is 30.9 Å². The van der Waals surface area contributed by atoms with E-state index in [1.54, 1.807) is 14.0 Å². The highest BCUT2D eigenvalue weighted by Gasteiger charge is 2.27. The molecule has 1 fully saturated rings. The van der Waals surface area contributed by atoms with Gasteiger partial charge in [0.15, 0.2) is 0 Å². The SMILES string of the molecule is Cc1nn(C)c(Cl)c1C(=O)NC1CCCCCC1CO. The van der Waals surface area contributed by atoms with Crippen LogP contribution in [-0.4, -0.2) is 33.4 Å². The number of aromatic nitrogens is 2. The van der Waals surface area contributed by atoms with E-state index in [-0.39, 0.29) is 24.5 Å². The summed E-state index contributed by atoms with van der Waals surface area (Å²) in [5, 5.41) is 17.0. The van der Waals surface area contributed by atoms with Crippen molar-refractivity contribution >= 4 is 17.5 Å². The molecule has 6 heteroatoms. The zero-order valence-electron chi connectivity index (χ0n) is 12.0. The van der Waals surface area contributed by atoms with Crippen molar-refractivity contribution in [3.05, 3.63) is 16.4 Å². The number of halogens is 1. The highest BCUT2D eigenvalue weighted by molar-refractivity contribution is 6.33. The van der Waals surface area contributed by atoms with Gasteiger partial charge in [-0.05, 0) is 19.8 Å². The van der Waals surface area contributed by atoms with E-state index in [1.165, 1.54) is 4.68 Å². The molecule has 0 aromatic carbocycles. The average Bonchev–Trinajstić information content (AvgIpc) is 2.58. The summed E-state index contributed by atoms with van der Waals surface area (Å²) in [5.41, 5.74) is 1.07. The maximum absolute atomic E-state index is 12.4. The molecule has 0 saturated heterocycles. The Bertz CT molecular complexity index is 487. The number of aliphatic hydroxyl groups is 1. The number of aliphatic hydroxyl groups excluding tert-OH is 1. The van der Waals surface area contributed by atoms with Crippen LogP contribution in [-0.2, 0) is 7.05 Å². The van der Waals surface area contributed by atoms with Gasteiger partial charge < -0.3 is 10.4 Å². The second-order valence-corrected chi connectivity index (χ2v) is 5.89. The number of carbonyl (C=O) groups excluding carboxylic acids is 1. The maximum Gasteiger partial charge on any atom is 0.256 e. The van der Waals surface area contributed by atoms with Crippen LogP contribution in [0.2, 0.25) is 5.15 Å². The van der Waals surface area contributed by atoms with Crippen molar-refractivity contribution in [3.8, 4) is 0 Å². The summed E-state index contributed by atoms with van der Waals surface area (Å²) >= 11 is 6.12.